The van der Waals surface area contributed by atoms with E-state index in [0.29, 0.717) is 47.5 Å². The third-order valence-electron chi connectivity index (χ3n) is 6.17. The minimum absolute atomic E-state index is 0.172. The third kappa shape index (κ3) is 4.33. The number of ether oxygens (including phenoxy) is 3. The SMILES string of the molecule is COCCn1nnnc1[C@H](c1cc2cc(OC)c(OC)cc2[nH]c1=O)N1CCC(C)CC1. The number of fused-ring (bicyclic) bond motifs is 1. The van der Waals surface area contributed by atoms with E-state index in [4.69, 9.17) is 14.2 Å². The summed E-state index contributed by atoms with van der Waals surface area (Å²) in [6.45, 7) is 4.99. The minimum Gasteiger partial charge on any atom is -0.493 e. The highest BCUT2D eigenvalue weighted by Crippen LogP contribution is 2.34. The fraction of sp³-hybridized carbons (Fsp3) is 0.545. The van der Waals surface area contributed by atoms with Crippen molar-refractivity contribution in [3.63, 3.8) is 0 Å². The molecular weight excluding hydrogens is 412 g/mol. The van der Waals surface area contributed by atoms with Crippen molar-refractivity contribution < 1.29 is 14.2 Å². The largest absolute Gasteiger partial charge is 0.493 e. The number of hydrogen-bond acceptors (Lipinski definition) is 8. The maximum Gasteiger partial charge on any atom is 0.253 e. The van der Waals surface area contributed by atoms with Crippen molar-refractivity contribution in [2.75, 3.05) is 41.0 Å². The van der Waals surface area contributed by atoms with Crippen LogP contribution in [0.4, 0.5) is 0 Å². The zero-order valence-corrected chi connectivity index (χ0v) is 19.0. The van der Waals surface area contributed by atoms with Crippen molar-refractivity contribution in [2.24, 2.45) is 5.92 Å². The van der Waals surface area contributed by atoms with E-state index in [1.54, 1.807) is 32.1 Å². The molecule has 1 aromatic carbocycles. The number of aromatic amines is 1. The molecule has 4 rings (SSSR count). The number of benzene rings is 1. The Morgan fingerprint density at radius 1 is 1.12 bits per heavy atom. The van der Waals surface area contributed by atoms with Gasteiger partial charge in [0.25, 0.3) is 5.56 Å². The second kappa shape index (κ2) is 9.66. The van der Waals surface area contributed by atoms with Gasteiger partial charge >= 0.3 is 0 Å². The molecule has 1 saturated heterocycles. The van der Waals surface area contributed by atoms with Crippen LogP contribution in [-0.4, -0.2) is 71.1 Å². The van der Waals surface area contributed by atoms with Crippen molar-refractivity contribution >= 4 is 10.9 Å². The summed E-state index contributed by atoms with van der Waals surface area (Å²) < 4.78 is 17.8. The van der Waals surface area contributed by atoms with Gasteiger partial charge in [0.05, 0.1) is 32.9 Å². The molecule has 32 heavy (non-hydrogen) atoms. The van der Waals surface area contributed by atoms with Crippen LogP contribution in [0.1, 0.15) is 37.2 Å². The highest BCUT2D eigenvalue weighted by atomic mass is 16.5. The average molecular weight is 443 g/mol. The Balaban J connectivity index is 1.84. The van der Waals surface area contributed by atoms with Gasteiger partial charge < -0.3 is 19.2 Å². The number of likely N-dealkylation sites (tertiary alicyclic amines) is 1. The molecule has 1 atom stereocenters. The Bertz CT molecular complexity index is 1120. The summed E-state index contributed by atoms with van der Waals surface area (Å²) in [6, 6.07) is 5.19. The Hall–Kier alpha value is -2.98. The van der Waals surface area contributed by atoms with E-state index in [-0.39, 0.29) is 11.6 Å². The molecule has 0 radical (unpaired) electrons. The maximum absolute atomic E-state index is 13.3. The molecule has 0 saturated carbocycles. The first kappa shape index (κ1) is 22.2. The van der Waals surface area contributed by atoms with Gasteiger partial charge in [-0.25, -0.2) is 4.68 Å². The quantitative estimate of drug-likeness (QED) is 0.564. The number of aromatic nitrogens is 5. The Labute approximate surface area is 186 Å². The third-order valence-corrected chi connectivity index (χ3v) is 6.17. The van der Waals surface area contributed by atoms with Gasteiger partial charge in [-0.3, -0.25) is 9.69 Å². The van der Waals surface area contributed by atoms with Crippen molar-refractivity contribution in [3.05, 3.63) is 39.9 Å². The first-order valence-corrected chi connectivity index (χ1v) is 10.8. The first-order valence-electron chi connectivity index (χ1n) is 10.8. The molecule has 0 amide bonds. The predicted molar refractivity (Wildman–Crippen MR) is 119 cm³/mol. The summed E-state index contributed by atoms with van der Waals surface area (Å²) in [7, 11) is 4.81. The lowest BCUT2D eigenvalue weighted by molar-refractivity contribution is 0.144. The molecule has 3 heterocycles. The topological polar surface area (TPSA) is 107 Å². The van der Waals surface area contributed by atoms with E-state index >= 15 is 0 Å². The fourth-order valence-electron chi connectivity index (χ4n) is 4.28. The molecule has 10 heteroatoms. The molecule has 10 nitrogen and oxygen atoms in total. The van der Waals surface area contributed by atoms with E-state index < -0.39 is 0 Å². The van der Waals surface area contributed by atoms with Crippen LogP contribution in [0.15, 0.2) is 23.0 Å². The van der Waals surface area contributed by atoms with Gasteiger partial charge in [-0.2, -0.15) is 0 Å². The van der Waals surface area contributed by atoms with Crippen LogP contribution in [0.5, 0.6) is 11.5 Å². The fourth-order valence-corrected chi connectivity index (χ4v) is 4.28. The van der Waals surface area contributed by atoms with Crippen molar-refractivity contribution in [1.82, 2.24) is 30.1 Å². The monoisotopic (exact) mass is 442 g/mol. The van der Waals surface area contributed by atoms with Gasteiger partial charge in [0, 0.05) is 24.1 Å². The molecule has 0 spiro atoms. The van der Waals surface area contributed by atoms with Crippen LogP contribution in [0.2, 0.25) is 0 Å². The summed E-state index contributed by atoms with van der Waals surface area (Å²) in [6.07, 6.45) is 2.12. The molecule has 0 unspecified atom stereocenters. The zero-order chi connectivity index (χ0) is 22.7. The maximum atomic E-state index is 13.3. The average Bonchev–Trinajstić information content (AvgIpc) is 3.26. The van der Waals surface area contributed by atoms with E-state index in [9.17, 15) is 4.79 Å². The number of nitrogens with one attached hydrogen (secondary N) is 1. The second-order valence-corrected chi connectivity index (χ2v) is 8.22. The normalized spacial score (nSPS) is 16.4. The molecule has 0 aliphatic carbocycles. The molecule has 3 aromatic rings. The number of hydrogen-bond donors (Lipinski definition) is 1. The Morgan fingerprint density at radius 3 is 2.53 bits per heavy atom. The van der Waals surface area contributed by atoms with Gasteiger partial charge in [0.2, 0.25) is 0 Å². The lowest BCUT2D eigenvalue weighted by atomic mass is 9.95. The van der Waals surface area contributed by atoms with Gasteiger partial charge in [0.1, 0.15) is 6.04 Å². The van der Waals surface area contributed by atoms with Crippen LogP contribution in [0, 0.1) is 5.92 Å². The van der Waals surface area contributed by atoms with Crippen LogP contribution < -0.4 is 15.0 Å². The number of nitrogens with zero attached hydrogens (tertiary/aromatic N) is 5. The zero-order valence-electron chi connectivity index (χ0n) is 19.0. The summed E-state index contributed by atoms with van der Waals surface area (Å²) in [4.78, 5) is 18.6. The molecule has 1 N–H and O–H groups in total. The number of methoxy groups -OCH3 is 3. The smallest absolute Gasteiger partial charge is 0.253 e. The molecule has 1 aliphatic heterocycles. The highest BCUT2D eigenvalue weighted by molar-refractivity contribution is 5.83. The molecule has 1 aliphatic rings. The van der Waals surface area contributed by atoms with Crippen molar-refractivity contribution in [3.8, 4) is 11.5 Å². The lowest BCUT2D eigenvalue weighted by Gasteiger charge is -2.35. The van der Waals surface area contributed by atoms with E-state index in [2.05, 4.69) is 32.3 Å². The predicted octanol–water partition coefficient (Wildman–Crippen LogP) is 2.00. The van der Waals surface area contributed by atoms with Crippen LogP contribution in [0.3, 0.4) is 0 Å². The highest BCUT2D eigenvalue weighted by Gasteiger charge is 2.32. The molecule has 1 fully saturated rings. The van der Waals surface area contributed by atoms with Crippen molar-refractivity contribution in [1.29, 1.82) is 0 Å². The van der Waals surface area contributed by atoms with Gasteiger partial charge in [-0.05, 0) is 54.4 Å². The van der Waals surface area contributed by atoms with Crippen molar-refractivity contribution in [2.45, 2.75) is 32.4 Å². The summed E-state index contributed by atoms with van der Waals surface area (Å²) in [5.41, 5.74) is 1.11. The molecule has 0 bridgehead atoms. The molecule has 172 valence electrons. The minimum atomic E-state index is -0.365. The van der Waals surface area contributed by atoms with Gasteiger partial charge in [0.15, 0.2) is 17.3 Å². The van der Waals surface area contributed by atoms with E-state index in [0.717, 1.165) is 31.3 Å². The Morgan fingerprint density at radius 2 is 1.84 bits per heavy atom. The Kier molecular flexibility index (Phi) is 6.71. The summed E-state index contributed by atoms with van der Waals surface area (Å²) in [5, 5.41) is 13.2. The number of tetrazole rings is 1. The molecule has 2 aromatic heterocycles. The van der Waals surface area contributed by atoms with E-state index in [1.807, 2.05) is 12.1 Å². The number of H-pyrrole nitrogens is 1. The molecular formula is C22H30N6O4. The summed E-state index contributed by atoms with van der Waals surface area (Å²) in [5.74, 6) is 2.46. The second-order valence-electron chi connectivity index (χ2n) is 8.22. The van der Waals surface area contributed by atoms with Crippen LogP contribution >= 0.6 is 0 Å². The number of piperidine rings is 1. The van der Waals surface area contributed by atoms with Crippen LogP contribution in [-0.2, 0) is 11.3 Å². The lowest BCUT2D eigenvalue weighted by Crippen LogP contribution is -2.40. The first-order chi connectivity index (χ1) is 15.5. The number of pyridine rings is 1. The van der Waals surface area contributed by atoms with Gasteiger partial charge in [-0.1, -0.05) is 6.92 Å². The van der Waals surface area contributed by atoms with E-state index in [1.165, 1.54) is 0 Å². The number of rotatable bonds is 8. The van der Waals surface area contributed by atoms with Crippen LogP contribution in [0.25, 0.3) is 10.9 Å². The summed E-state index contributed by atoms with van der Waals surface area (Å²) >= 11 is 0. The standard InChI is InChI=1S/C22H30N6O4/c1-14-5-7-27(8-6-14)20(21-24-25-26-28(21)9-10-30-2)16-11-15-12-18(31-3)19(32-4)13-17(15)23-22(16)29/h11-14,20H,5-10H2,1-4H3,(H,23,29)/t20-/m0/s1. The van der Waals surface area contributed by atoms with Gasteiger partial charge in [-0.15, -0.1) is 5.10 Å².